The number of likely N-dealkylation sites (tertiary alicyclic amines) is 2. The SMILES string of the molecule is CC(C)NC(=S)N(C(=S)N1CCOCC1)C(C)C.CC1CCN(C(=S)N(C(=S)NC2CCCCC2)C2CCCCC2)CC1.CCCCOCCOCCOCCCC.O=C(NC(=S)Nc1ccccc1)c1ccccc1.S=C(NC1CCCCC1)N(C(=S)N1CCCC1)C1CCCCC1.S=C(NC1CCCCC1)N(C(=S)N1CCOCC1)C1CCCCC1.S=C(Nc1ccccc1)Nc1ccccc1.[2H][B]C. The van der Waals surface area contributed by atoms with Crippen molar-refractivity contribution in [2.45, 2.75) is 348 Å². The monoisotopic (exact) mass is 2120 g/mol. The van der Waals surface area contributed by atoms with E-state index in [-0.39, 0.29) is 17.1 Å². The molecule has 0 atom stereocenters. The van der Waals surface area contributed by atoms with E-state index < -0.39 is 0 Å². The molecule has 4 aliphatic heterocycles. The third kappa shape index (κ3) is 48.8. The summed E-state index contributed by atoms with van der Waals surface area (Å²) in [5.41, 5.74) is 3.39. The summed E-state index contributed by atoms with van der Waals surface area (Å²) < 4.78 is 33.0. The van der Waals surface area contributed by atoms with Crippen LogP contribution in [0.15, 0.2) is 121 Å². The number of carbonyl (C=O) groups is 1. The Balaban J connectivity index is 0.000000226. The second kappa shape index (κ2) is 74.1. The number of hydrogen-bond acceptors (Lipinski definition) is 16. The van der Waals surface area contributed by atoms with E-state index in [4.69, 9.17) is 147 Å². The van der Waals surface area contributed by atoms with Crippen LogP contribution in [0.5, 0.6) is 0 Å². The quantitative estimate of drug-likeness (QED) is 0.0188. The van der Waals surface area contributed by atoms with Gasteiger partial charge in [-0.05, 0) is 321 Å². The van der Waals surface area contributed by atoms with Crippen molar-refractivity contribution in [3.63, 3.8) is 0 Å². The number of nitrogens with one attached hydrogen (secondary N) is 8. The lowest BCUT2D eigenvalue weighted by atomic mass is 9.94. The Morgan fingerprint density at radius 1 is 0.383 bits per heavy atom. The molecule has 785 valence electrons. The molecule has 1 radical (unpaired) electrons. The highest BCUT2D eigenvalue weighted by molar-refractivity contribution is 7.83. The maximum absolute atomic E-state index is 11.8. The number of nitrogens with zero attached hydrogens (tertiary/aromatic N) is 8. The van der Waals surface area contributed by atoms with Crippen molar-refractivity contribution < 1.29 is 28.5 Å². The topological polar surface area (TPSA) is 185 Å². The predicted molar refractivity (Wildman–Crippen MR) is 632 cm³/mol. The Hall–Kier alpha value is -5.89. The van der Waals surface area contributed by atoms with Gasteiger partial charge in [-0.3, -0.25) is 29.7 Å². The van der Waals surface area contributed by atoms with Crippen LogP contribution in [0, 0.1) is 5.92 Å². The van der Waals surface area contributed by atoms with Gasteiger partial charge in [0.25, 0.3) is 5.91 Å². The molecule has 6 saturated carbocycles. The smallest absolute Gasteiger partial charge is 0.257 e. The maximum Gasteiger partial charge on any atom is 0.257 e. The van der Waals surface area contributed by atoms with E-state index in [0.29, 0.717) is 84.5 Å². The number of unbranched alkanes of at least 4 members (excludes halogenated alkanes) is 2. The molecular formula is C108H174BN16O6S10. The van der Waals surface area contributed by atoms with E-state index in [1.807, 2.05) is 114 Å². The van der Waals surface area contributed by atoms with Crippen molar-refractivity contribution >= 4 is 204 Å². The van der Waals surface area contributed by atoms with Crippen molar-refractivity contribution in [1.82, 2.24) is 65.8 Å². The molecule has 10 fully saturated rings. The van der Waals surface area contributed by atoms with Crippen LogP contribution in [-0.4, -0.2) is 272 Å². The summed E-state index contributed by atoms with van der Waals surface area (Å²) in [6.07, 6.45) is 48.5. The van der Waals surface area contributed by atoms with Crippen LogP contribution in [0.25, 0.3) is 0 Å². The maximum atomic E-state index is 11.8. The van der Waals surface area contributed by atoms with Gasteiger partial charge in [0.15, 0.2) is 51.1 Å². The number of amides is 1. The molecule has 22 nitrogen and oxygen atoms in total. The van der Waals surface area contributed by atoms with Crippen LogP contribution in [0.4, 0.5) is 17.1 Å². The molecule has 33 heteroatoms. The fourth-order valence-corrected chi connectivity index (χ4v) is 22.8. The van der Waals surface area contributed by atoms with E-state index in [9.17, 15) is 4.79 Å². The van der Waals surface area contributed by atoms with Crippen LogP contribution in [0.2, 0.25) is 6.82 Å². The van der Waals surface area contributed by atoms with Crippen molar-refractivity contribution in [3.8, 4) is 0 Å². The zero-order chi connectivity index (χ0) is 102. The fourth-order valence-electron chi connectivity index (χ4n) is 18.6. The molecule has 8 N–H and O–H groups in total. The lowest BCUT2D eigenvalue weighted by molar-refractivity contribution is 0.0136. The van der Waals surface area contributed by atoms with Crippen molar-refractivity contribution in [3.05, 3.63) is 127 Å². The minimum Gasteiger partial charge on any atom is -0.379 e. The van der Waals surface area contributed by atoms with Gasteiger partial charge < -0.3 is 80.5 Å². The Kier molecular flexibility index (Phi) is 63.2. The van der Waals surface area contributed by atoms with Gasteiger partial charge in [0, 0.05) is 137 Å². The second-order valence-electron chi connectivity index (χ2n) is 38.6. The first-order valence-corrected chi connectivity index (χ1v) is 57.6. The molecule has 4 aromatic rings. The van der Waals surface area contributed by atoms with E-state index >= 15 is 0 Å². The number of para-hydroxylation sites is 3. The zero-order valence-electron chi connectivity index (χ0n) is 87.5. The average Bonchev–Trinajstić information content (AvgIpc) is 1.20. The molecule has 14 rings (SSSR count). The number of ether oxygens (including phenoxy) is 5. The number of hydrogen-bond donors (Lipinski definition) is 8. The third-order valence-corrected chi connectivity index (χ3v) is 30.1. The predicted octanol–water partition coefficient (Wildman–Crippen LogP) is 23.0. The number of rotatable bonds is 24. The number of benzene rings is 4. The first-order chi connectivity index (χ1) is 69.0. The van der Waals surface area contributed by atoms with Crippen LogP contribution in [0.1, 0.15) is 303 Å². The van der Waals surface area contributed by atoms with Crippen LogP contribution < -0.4 is 42.5 Å². The number of anilines is 3. The Morgan fingerprint density at radius 2 is 0.674 bits per heavy atom. The highest BCUT2D eigenvalue weighted by Crippen LogP contribution is 2.31. The molecule has 0 spiro atoms. The van der Waals surface area contributed by atoms with Gasteiger partial charge >= 0.3 is 0 Å². The summed E-state index contributed by atoms with van der Waals surface area (Å²) >= 11 is 56.6. The summed E-state index contributed by atoms with van der Waals surface area (Å²) in [6, 6.07) is 41.8. The first-order valence-electron chi connectivity index (χ1n) is 54.1. The summed E-state index contributed by atoms with van der Waals surface area (Å²) in [5.74, 6) is 0.610. The van der Waals surface area contributed by atoms with Crippen LogP contribution >= 0.6 is 122 Å². The number of thiocarbonyl (C=S) groups is 10. The van der Waals surface area contributed by atoms with Crippen LogP contribution in [-0.2, 0) is 23.7 Å². The van der Waals surface area contributed by atoms with Gasteiger partial charge in [-0.1, -0.05) is 229 Å². The number of piperidine rings is 1. The number of carbonyl (C=O) groups excluding carboxylic acids is 1. The van der Waals surface area contributed by atoms with Gasteiger partial charge in [-0.25, -0.2) is 0 Å². The summed E-state index contributed by atoms with van der Waals surface area (Å²) in [4.78, 5) is 30.0. The molecule has 1 amide bonds. The minimum absolute atomic E-state index is 0.218. The van der Waals surface area contributed by atoms with E-state index in [1.165, 1.54) is 239 Å². The average molecular weight is 2130 g/mol. The Morgan fingerprint density at radius 3 is 0.993 bits per heavy atom. The Bertz CT molecular complexity index is 4100. The third-order valence-electron chi connectivity index (χ3n) is 26.6. The van der Waals surface area contributed by atoms with Crippen molar-refractivity contribution in [2.75, 3.05) is 134 Å². The molecule has 10 aliphatic rings. The standard InChI is InChI=1S/C20H35N3S2.C18H31N3OS2.C18H31N3S2.C14H12N2OS.C13H12N2S.C12H23N3OS2.C12H26O3.CH4B/c1-16-12-14-22(15-13-16)20(25)23(18-10-6-3-7-11-18)19(24)21-17-8-4-2-5-9-17;23-17(19-15-7-3-1-4-8-15)21(16-9-5-2-6-10-16)18(24)20-11-13-22-14-12-20;22-17(19-15-9-3-1-4-10-15)21(16-11-5-2-6-12-16)18(23)20-13-7-8-14-20;17-13(11-7-3-1-4-8-11)16-14(18)15-12-9-5-2-6-10-12;16-13(14-11-7-3-1-4-8-11)15-12-9-5-2-6-10-12;1-9(2)13-11(17)15(10(3)4)12(18)14-5-7-16-8-6-14;1-3-5-7-13-9-11-15-12-10-14-8-6-4-2;1-2/h16-18H,2-15H2,1H3,(H,21,24);15-16H,1-14H2,(H,19,23);15-16H,1-14H2,(H,19,22);1-10H,(H2,15,16,17,18);1-10H,(H2,14,15,16);9-10H,5-8H2,1-4H3,(H,13,17);3-12H2,1-2H3;2H,1H3/i;;;;;;;2D. The summed E-state index contributed by atoms with van der Waals surface area (Å²) in [7, 11) is 1.25. The summed E-state index contributed by atoms with van der Waals surface area (Å²) in [5, 5.41) is 34.0. The molecule has 4 saturated heterocycles. The molecule has 141 heavy (non-hydrogen) atoms. The Labute approximate surface area is 907 Å². The largest absolute Gasteiger partial charge is 0.379 e. The van der Waals surface area contributed by atoms with Crippen molar-refractivity contribution in [2.24, 2.45) is 5.92 Å². The lowest BCUT2D eigenvalue weighted by Gasteiger charge is -2.43. The van der Waals surface area contributed by atoms with Gasteiger partial charge in [-0.15, -0.1) is 0 Å². The van der Waals surface area contributed by atoms with Crippen molar-refractivity contribution in [1.29, 1.82) is 1.34 Å². The van der Waals surface area contributed by atoms with Gasteiger partial charge in [0.1, 0.15) is 0 Å². The zero-order valence-corrected chi connectivity index (χ0v) is 94.7. The normalized spacial score (nSPS) is 17.8. The lowest BCUT2D eigenvalue weighted by Crippen LogP contribution is -2.57. The van der Waals surface area contributed by atoms with Gasteiger partial charge in [0.2, 0.25) is 0 Å². The molecule has 0 unspecified atom stereocenters. The molecule has 4 aromatic carbocycles. The van der Waals surface area contributed by atoms with E-state index in [2.05, 4.69) is 125 Å². The van der Waals surface area contributed by atoms with E-state index in [1.54, 1.807) is 19.0 Å². The molecule has 0 bridgehead atoms. The van der Waals surface area contributed by atoms with Gasteiger partial charge in [-0.2, -0.15) is 0 Å². The van der Waals surface area contributed by atoms with Crippen LogP contribution in [0.3, 0.4) is 0 Å². The molecule has 6 aliphatic carbocycles. The highest BCUT2D eigenvalue weighted by atomic mass is 32.1. The molecule has 4 heterocycles. The molecular weight excluding hydrogens is 1950 g/mol. The minimum atomic E-state index is -0.218. The summed E-state index contributed by atoms with van der Waals surface area (Å²) in [6.45, 7) is 32.0. The fraction of sp³-hybridized carbons (Fsp3) is 0.676. The number of morpholine rings is 2. The molecule has 0 aromatic heterocycles. The second-order valence-corrected chi connectivity index (χ2v) is 42.4. The highest BCUT2D eigenvalue weighted by Gasteiger charge is 2.36. The van der Waals surface area contributed by atoms with E-state index in [0.717, 1.165) is 164 Å². The first kappa shape index (κ1) is 120. The van der Waals surface area contributed by atoms with Gasteiger partial charge in [0.05, 0.1) is 60.7 Å².